The molecule has 334 valence electrons. The van der Waals surface area contributed by atoms with Gasteiger partial charge < -0.3 is 44.2 Å². The zero-order valence-electron chi connectivity index (χ0n) is 36.8. The number of H-pyrrole nitrogens is 1. The number of rotatable bonds is 14. The molecule has 5 aromatic rings. The van der Waals surface area contributed by atoms with E-state index in [2.05, 4.69) is 60.4 Å². The topological polar surface area (TPSA) is 166 Å². The molecule has 1 aromatic heterocycles. The number of nitrogens with one attached hydrogen (secondary N) is 3. The van der Waals surface area contributed by atoms with Gasteiger partial charge in [0.2, 0.25) is 11.5 Å². The number of methoxy groups -OCH3 is 1. The van der Waals surface area contributed by atoms with E-state index in [1.54, 1.807) is 37.4 Å². The van der Waals surface area contributed by atoms with Crippen molar-refractivity contribution in [3.8, 4) is 28.4 Å². The van der Waals surface area contributed by atoms with Crippen LogP contribution in [0, 0.1) is 0 Å². The number of carbonyl (C=O) groups is 2. The van der Waals surface area contributed by atoms with Gasteiger partial charge in [0.25, 0.3) is 0 Å². The Morgan fingerprint density at radius 1 is 0.968 bits per heavy atom. The lowest BCUT2D eigenvalue weighted by atomic mass is 10.0. The molecule has 0 saturated carbocycles. The Kier molecular flexibility index (Phi) is 13.9. The van der Waals surface area contributed by atoms with Crippen LogP contribution in [0.4, 0.5) is 16.2 Å². The average molecular weight is 897 g/mol. The van der Waals surface area contributed by atoms with Crippen molar-refractivity contribution in [3.63, 3.8) is 0 Å². The maximum absolute atomic E-state index is 13.7. The Balaban J connectivity index is 0.927. The zero-order valence-corrected chi connectivity index (χ0v) is 38.6. The summed E-state index contributed by atoms with van der Waals surface area (Å²) in [6.07, 6.45) is 1.28. The molecular formula is C48H58ClN5O8Si. The number of hydrogen-bond donors (Lipinski definition) is 5. The highest BCUT2D eigenvalue weighted by Gasteiger charge is 2.40. The molecule has 13 nitrogen and oxygen atoms in total. The molecule has 0 aliphatic carbocycles. The minimum Gasteiger partial charge on any atom is -0.506 e. The van der Waals surface area contributed by atoms with Gasteiger partial charge in [-0.15, -0.1) is 0 Å². The number of aromatic amines is 1. The lowest BCUT2D eigenvalue weighted by Crippen LogP contribution is -2.43. The first-order valence-electron chi connectivity index (χ1n) is 21.5. The summed E-state index contributed by atoms with van der Waals surface area (Å²) in [5.74, 6) is 0.742. The molecule has 15 heteroatoms. The van der Waals surface area contributed by atoms with Crippen LogP contribution in [-0.4, -0.2) is 86.4 Å². The molecule has 1 fully saturated rings. The standard InChI is InChI=1S/C48H58ClN5O8Si/c1-48(2,3)63(5,6)62-43(35-12-15-41(56)46-36(35)13-16-44(57)52-46)29-50-28-32-25-31-17-24-54(39(31)27-42(32)60-4)45(58)20-23-53-21-18-33(19-22-53)61-47(59)51-38-10-8-7-9-34(38)30-11-14-40(55)37(49)26-30/h7-16,25-27,33,43,50,55-56H,17-24,28-29H2,1-6H3,(H,51,59)(H,52,57)/t43-/m0/s1. The predicted molar refractivity (Wildman–Crippen MR) is 251 cm³/mol. The van der Waals surface area contributed by atoms with Crippen LogP contribution in [0.1, 0.15) is 62.8 Å². The molecular weight excluding hydrogens is 838 g/mol. The van der Waals surface area contributed by atoms with Crippen molar-refractivity contribution in [2.45, 2.75) is 83.3 Å². The second-order valence-corrected chi connectivity index (χ2v) is 23.1. The summed E-state index contributed by atoms with van der Waals surface area (Å²) >= 11 is 6.14. The Morgan fingerprint density at radius 3 is 2.44 bits per heavy atom. The van der Waals surface area contributed by atoms with Gasteiger partial charge in [0.05, 0.1) is 35.1 Å². The number of halogens is 1. The molecule has 0 spiro atoms. The van der Waals surface area contributed by atoms with Crippen LogP contribution < -0.4 is 25.8 Å². The summed E-state index contributed by atoms with van der Waals surface area (Å²) in [5.41, 5.74) is 6.00. The third-order valence-corrected chi connectivity index (χ3v) is 17.5. The van der Waals surface area contributed by atoms with E-state index in [4.69, 9.17) is 25.5 Å². The van der Waals surface area contributed by atoms with Crippen molar-refractivity contribution >= 4 is 54.2 Å². The average Bonchev–Trinajstić information content (AvgIpc) is 3.66. The molecule has 2 aliphatic heterocycles. The number of phenolic OH excluding ortho intramolecular Hbond substituents is 2. The van der Waals surface area contributed by atoms with Gasteiger partial charge in [0.1, 0.15) is 23.4 Å². The van der Waals surface area contributed by atoms with Crippen LogP contribution in [-0.2, 0) is 26.9 Å². The van der Waals surface area contributed by atoms with Crippen molar-refractivity contribution in [2.75, 3.05) is 50.1 Å². The highest BCUT2D eigenvalue weighted by Crippen LogP contribution is 2.42. The van der Waals surface area contributed by atoms with E-state index in [-0.39, 0.29) is 45.2 Å². The van der Waals surface area contributed by atoms with E-state index in [1.807, 2.05) is 35.2 Å². The summed E-state index contributed by atoms with van der Waals surface area (Å²) in [6, 6.07) is 23.0. The van der Waals surface area contributed by atoms with Gasteiger partial charge in [-0.25, -0.2) is 4.79 Å². The second-order valence-electron chi connectivity index (χ2n) is 17.9. The molecule has 3 heterocycles. The monoisotopic (exact) mass is 895 g/mol. The number of para-hydroxylation sites is 1. The van der Waals surface area contributed by atoms with Crippen LogP contribution in [0.5, 0.6) is 17.2 Å². The van der Waals surface area contributed by atoms with Gasteiger partial charge in [-0.2, -0.15) is 0 Å². The molecule has 0 unspecified atom stereocenters. The first kappa shape index (κ1) is 45.6. The number of carbonyl (C=O) groups excluding carboxylic acids is 2. The highest BCUT2D eigenvalue weighted by atomic mass is 35.5. The molecule has 2 amide bonds. The molecule has 2 aliphatic rings. The number of phenols is 2. The number of pyridine rings is 1. The Hall–Kier alpha value is -5.38. The molecule has 63 heavy (non-hydrogen) atoms. The number of aromatic nitrogens is 1. The summed E-state index contributed by atoms with van der Waals surface area (Å²) < 4.78 is 18.7. The molecule has 0 radical (unpaired) electrons. The number of benzene rings is 4. The van der Waals surface area contributed by atoms with Crippen LogP contribution in [0.15, 0.2) is 83.7 Å². The van der Waals surface area contributed by atoms with Crippen molar-refractivity contribution in [1.29, 1.82) is 0 Å². The van der Waals surface area contributed by atoms with Gasteiger partial charge in [-0.05, 0) is 90.5 Å². The Bertz CT molecular complexity index is 2530. The summed E-state index contributed by atoms with van der Waals surface area (Å²) in [5, 5.41) is 27.8. The first-order valence-corrected chi connectivity index (χ1v) is 24.8. The number of hydrogen-bond acceptors (Lipinski definition) is 10. The smallest absolute Gasteiger partial charge is 0.411 e. The number of likely N-dealkylation sites (tertiary alicyclic amines) is 1. The maximum Gasteiger partial charge on any atom is 0.411 e. The fourth-order valence-corrected chi connectivity index (χ4v) is 9.59. The van der Waals surface area contributed by atoms with Gasteiger partial charge in [0, 0.05) is 74.3 Å². The molecule has 7 rings (SSSR count). The van der Waals surface area contributed by atoms with E-state index in [9.17, 15) is 24.6 Å². The van der Waals surface area contributed by atoms with Gasteiger partial charge in [0.15, 0.2) is 8.32 Å². The number of piperidine rings is 1. The molecule has 1 atom stereocenters. The molecule has 5 N–H and O–H groups in total. The fraction of sp³-hybridized carbons (Fsp3) is 0.396. The van der Waals surface area contributed by atoms with Gasteiger partial charge in [-0.1, -0.05) is 62.7 Å². The maximum atomic E-state index is 13.7. The largest absolute Gasteiger partial charge is 0.506 e. The lowest BCUT2D eigenvalue weighted by Gasteiger charge is -2.39. The third kappa shape index (κ3) is 10.5. The Labute approximate surface area is 374 Å². The van der Waals surface area contributed by atoms with E-state index in [0.29, 0.717) is 75.5 Å². The number of ether oxygens (including phenoxy) is 2. The minimum absolute atomic E-state index is 0.00818. The van der Waals surface area contributed by atoms with Gasteiger partial charge in [-0.3, -0.25) is 14.9 Å². The second kappa shape index (κ2) is 19.2. The van der Waals surface area contributed by atoms with Crippen molar-refractivity contribution in [1.82, 2.24) is 15.2 Å². The molecule has 4 aromatic carbocycles. The van der Waals surface area contributed by atoms with E-state index >= 15 is 0 Å². The van der Waals surface area contributed by atoms with Crippen LogP contribution in [0.25, 0.3) is 22.0 Å². The van der Waals surface area contributed by atoms with E-state index in [0.717, 1.165) is 45.3 Å². The van der Waals surface area contributed by atoms with Crippen molar-refractivity contribution < 1.29 is 33.7 Å². The third-order valence-electron chi connectivity index (χ3n) is 12.7. The normalized spacial score (nSPS) is 15.3. The lowest BCUT2D eigenvalue weighted by molar-refractivity contribution is -0.118. The van der Waals surface area contributed by atoms with Crippen molar-refractivity contribution in [3.05, 3.63) is 111 Å². The zero-order chi connectivity index (χ0) is 45.1. The Morgan fingerprint density at radius 2 is 1.71 bits per heavy atom. The number of nitrogens with zero attached hydrogens (tertiary/aromatic N) is 2. The number of fused-ring (bicyclic) bond motifs is 2. The van der Waals surface area contributed by atoms with Crippen molar-refractivity contribution in [2.24, 2.45) is 0 Å². The molecule has 1 saturated heterocycles. The number of aromatic hydroxyl groups is 2. The predicted octanol–water partition coefficient (Wildman–Crippen LogP) is 9.11. The quantitative estimate of drug-likeness (QED) is 0.0679. The highest BCUT2D eigenvalue weighted by molar-refractivity contribution is 6.74. The SMILES string of the molecule is COc1cc2c(cc1CNC[C@H](O[Si](C)(C)C(C)(C)C)c1ccc(O)c3[nH]c(=O)ccc13)CCN2C(=O)CCN1CCC(OC(=O)Nc2ccccc2-c2ccc(O)c(Cl)c2)CC1. The van der Waals surface area contributed by atoms with E-state index < -0.39 is 14.4 Å². The number of amides is 2. The van der Waals surface area contributed by atoms with E-state index in [1.165, 1.54) is 12.1 Å². The minimum atomic E-state index is -2.26. The van der Waals surface area contributed by atoms with Gasteiger partial charge >= 0.3 is 6.09 Å². The summed E-state index contributed by atoms with van der Waals surface area (Å²) in [6.45, 7) is 14.6. The fourth-order valence-electron chi connectivity index (χ4n) is 8.13. The summed E-state index contributed by atoms with van der Waals surface area (Å²) in [7, 11) is -0.621. The van der Waals surface area contributed by atoms with Crippen LogP contribution in [0.2, 0.25) is 23.2 Å². The first-order chi connectivity index (χ1) is 30.0. The van der Waals surface area contributed by atoms with Crippen LogP contribution in [0.3, 0.4) is 0 Å². The number of anilines is 2. The summed E-state index contributed by atoms with van der Waals surface area (Å²) in [4.78, 5) is 45.7. The molecule has 0 bridgehead atoms. The van der Waals surface area contributed by atoms with Crippen LogP contribution >= 0.6 is 11.6 Å².